The minimum absolute atomic E-state index is 0.00322. The molecule has 0 aromatic heterocycles. The molecule has 150 valence electrons. The molecule has 2 fully saturated rings. The maximum Gasteiger partial charge on any atom is 0.222 e. The van der Waals surface area contributed by atoms with Crippen LogP contribution in [0.2, 0.25) is 0 Å². The fourth-order valence-electron chi connectivity index (χ4n) is 3.86. The first kappa shape index (κ1) is 20.3. The molecule has 1 spiro atoms. The molecule has 3 rings (SSSR count). The van der Waals surface area contributed by atoms with E-state index in [-0.39, 0.29) is 23.5 Å². The smallest absolute Gasteiger partial charge is 0.222 e. The number of amides is 1. The molecule has 6 nitrogen and oxygen atoms in total. The van der Waals surface area contributed by atoms with Gasteiger partial charge in [0.25, 0.3) is 0 Å². The Morgan fingerprint density at radius 1 is 1.33 bits per heavy atom. The summed E-state index contributed by atoms with van der Waals surface area (Å²) in [5.41, 5.74) is 0.996. The van der Waals surface area contributed by atoms with Crippen LogP contribution in [0.15, 0.2) is 29.2 Å². The minimum atomic E-state index is -3.17. The van der Waals surface area contributed by atoms with E-state index < -0.39 is 9.84 Å². The molecule has 0 saturated carbocycles. The molecule has 7 heteroatoms. The number of ether oxygens (including phenoxy) is 1. The summed E-state index contributed by atoms with van der Waals surface area (Å²) >= 11 is 0. The number of nitrogens with one attached hydrogen (secondary N) is 1. The number of carbonyl (C=O) groups excluding carboxylic acids is 1. The molecular weight excluding hydrogens is 364 g/mol. The maximum atomic E-state index is 11.7. The average molecular weight is 395 g/mol. The van der Waals surface area contributed by atoms with Crippen molar-refractivity contribution in [1.29, 1.82) is 0 Å². The van der Waals surface area contributed by atoms with Crippen LogP contribution in [0.25, 0.3) is 0 Å². The topological polar surface area (TPSA) is 75.7 Å². The Bertz CT molecular complexity index is 775. The molecular formula is C20H30N2O4S. The van der Waals surface area contributed by atoms with Gasteiger partial charge in [-0.1, -0.05) is 26.0 Å². The number of hydrogen-bond acceptors (Lipinski definition) is 5. The molecule has 1 aromatic carbocycles. The van der Waals surface area contributed by atoms with Crippen LogP contribution in [0.3, 0.4) is 0 Å². The Morgan fingerprint density at radius 2 is 2.00 bits per heavy atom. The molecule has 2 saturated heterocycles. The fraction of sp³-hybridized carbons (Fsp3) is 0.650. The molecule has 1 aromatic rings. The number of carbonyl (C=O) groups is 1. The number of benzene rings is 1. The van der Waals surface area contributed by atoms with Crippen LogP contribution in [-0.4, -0.2) is 56.8 Å². The van der Waals surface area contributed by atoms with Crippen LogP contribution in [0.4, 0.5) is 0 Å². The summed E-state index contributed by atoms with van der Waals surface area (Å²) in [6, 6.07) is 7.20. The van der Waals surface area contributed by atoms with Crippen molar-refractivity contribution in [2.24, 2.45) is 5.92 Å². The van der Waals surface area contributed by atoms with Gasteiger partial charge < -0.3 is 10.1 Å². The van der Waals surface area contributed by atoms with Gasteiger partial charge >= 0.3 is 0 Å². The summed E-state index contributed by atoms with van der Waals surface area (Å²) in [7, 11) is -3.17. The number of piperidine rings is 1. The van der Waals surface area contributed by atoms with Gasteiger partial charge in [0.15, 0.2) is 9.84 Å². The van der Waals surface area contributed by atoms with Gasteiger partial charge in [-0.05, 0) is 30.5 Å². The molecule has 1 atom stereocenters. The highest BCUT2D eigenvalue weighted by molar-refractivity contribution is 7.90. The van der Waals surface area contributed by atoms with Crippen LogP contribution >= 0.6 is 0 Å². The van der Waals surface area contributed by atoms with Crippen molar-refractivity contribution in [1.82, 2.24) is 10.2 Å². The molecule has 1 N–H and O–H groups in total. The van der Waals surface area contributed by atoms with Crippen LogP contribution in [-0.2, 0) is 25.9 Å². The zero-order valence-corrected chi connectivity index (χ0v) is 17.2. The second kappa shape index (κ2) is 7.89. The third-order valence-corrected chi connectivity index (χ3v) is 6.65. The molecule has 0 bridgehead atoms. The van der Waals surface area contributed by atoms with Gasteiger partial charge in [0.1, 0.15) is 0 Å². The third kappa shape index (κ3) is 5.09. The molecule has 0 unspecified atom stereocenters. The van der Waals surface area contributed by atoms with Gasteiger partial charge in [-0.15, -0.1) is 0 Å². The lowest BCUT2D eigenvalue weighted by Crippen LogP contribution is -2.59. The zero-order valence-electron chi connectivity index (χ0n) is 16.4. The molecule has 1 amide bonds. The van der Waals surface area contributed by atoms with Crippen LogP contribution < -0.4 is 5.32 Å². The van der Waals surface area contributed by atoms with E-state index in [4.69, 9.17) is 4.74 Å². The first-order valence-electron chi connectivity index (χ1n) is 9.64. The van der Waals surface area contributed by atoms with Gasteiger partial charge in [0.2, 0.25) is 5.91 Å². The summed E-state index contributed by atoms with van der Waals surface area (Å²) in [4.78, 5) is 14.4. The first-order valence-corrected chi connectivity index (χ1v) is 11.5. The van der Waals surface area contributed by atoms with Crippen molar-refractivity contribution < 1.29 is 17.9 Å². The zero-order chi connectivity index (χ0) is 19.7. The SMILES string of the molecule is CC(C)C(=O)NC[C@@H]1CC2(CCN(Cc3cccc(S(C)(=O)=O)c3)CC2)O1. The predicted octanol–water partition coefficient (Wildman–Crippen LogP) is 1.99. The van der Waals surface area contributed by atoms with Gasteiger partial charge in [0, 0.05) is 44.8 Å². The van der Waals surface area contributed by atoms with Crippen LogP contribution in [0.1, 0.15) is 38.7 Å². The quantitative estimate of drug-likeness (QED) is 0.799. The van der Waals surface area contributed by atoms with E-state index in [1.807, 2.05) is 26.0 Å². The van der Waals surface area contributed by atoms with Gasteiger partial charge in [-0.3, -0.25) is 9.69 Å². The van der Waals surface area contributed by atoms with Crippen molar-refractivity contribution >= 4 is 15.7 Å². The van der Waals surface area contributed by atoms with E-state index in [0.29, 0.717) is 11.4 Å². The maximum absolute atomic E-state index is 11.7. The molecule has 27 heavy (non-hydrogen) atoms. The number of hydrogen-bond donors (Lipinski definition) is 1. The van der Waals surface area contributed by atoms with E-state index >= 15 is 0 Å². The summed E-state index contributed by atoms with van der Waals surface area (Å²) in [5.74, 6) is 0.0779. The highest BCUT2D eigenvalue weighted by Gasteiger charge is 2.47. The fourth-order valence-corrected chi connectivity index (χ4v) is 4.56. The monoisotopic (exact) mass is 394 g/mol. The summed E-state index contributed by atoms with van der Waals surface area (Å²) in [6.07, 6.45) is 4.33. The van der Waals surface area contributed by atoms with Crippen molar-refractivity contribution in [2.45, 2.75) is 56.3 Å². The second-order valence-electron chi connectivity index (χ2n) is 8.22. The Labute approximate surface area is 162 Å². The molecule has 0 aliphatic carbocycles. The van der Waals surface area contributed by atoms with E-state index in [1.54, 1.807) is 12.1 Å². The van der Waals surface area contributed by atoms with Gasteiger partial charge in [-0.2, -0.15) is 0 Å². The molecule has 0 radical (unpaired) electrons. The Kier molecular flexibility index (Phi) is 5.93. The molecule has 2 aliphatic rings. The lowest BCUT2D eigenvalue weighted by Gasteiger charge is -2.52. The lowest BCUT2D eigenvalue weighted by molar-refractivity contribution is -0.223. The third-order valence-electron chi connectivity index (χ3n) is 5.54. The van der Waals surface area contributed by atoms with Gasteiger partial charge in [-0.25, -0.2) is 8.42 Å². The highest BCUT2D eigenvalue weighted by atomic mass is 32.2. The van der Waals surface area contributed by atoms with E-state index in [1.165, 1.54) is 6.26 Å². The number of sulfone groups is 1. The predicted molar refractivity (Wildman–Crippen MR) is 104 cm³/mol. The van der Waals surface area contributed by atoms with E-state index in [0.717, 1.165) is 44.5 Å². The summed E-state index contributed by atoms with van der Waals surface area (Å²) in [6.45, 7) is 7.01. The second-order valence-corrected chi connectivity index (χ2v) is 10.2. The van der Waals surface area contributed by atoms with Crippen molar-refractivity contribution in [3.63, 3.8) is 0 Å². The molecule has 2 aliphatic heterocycles. The largest absolute Gasteiger partial charge is 0.370 e. The molecule has 2 heterocycles. The Balaban J connectivity index is 1.45. The number of likely N-dealkylation sites (tertiary alicyclic amines) is 1. The highest BCUT2D eigenvalue weighted by Crippen LogP contribution is 2.41. The lowest BCUT2D eigenvalue weighted by atomic mass is 9.80. The van der Waals surface area contributed by atoms with Gasteiger partial charge in [0.05, 0.1) is 16.6 Å². The number of rotatable bonds is 6. The van der Waals surface area contributed by atoms with Crippen LogP contribution in [0, 0.1) is 5.92 Å². The Hall–Kier alpha value is -1.44. The standard InChI is InChI=1S/C20H30N2O4S/c1-15(2)19(23)21-13-17-12-20(26-17)7-9-22(10-8-20)14-16-5-4-6-18(11-16)27(3,24)25/h4-6,11,15,17H,7-10,12-14H2,1-3H3,(H,21,23)/t17-/m0/s1. The van der Waals surface area contributed by atoms with Crippen molar-refractivity contribution in [3.8, 4) is 0 Å². The summed E-state index contributed by atoms with van der Waals surface area (Å²) < 4.78 is 29.6. The van der Waals surface area contributed by atoms with Crippen molar-refractivity contribution in [3.05, 3.63) is 29.8 Å². The van der Waals surface area contributed by atoms with E-state index in [2.05, 4.69) is 10.2 Å². The average Bonchev–Trinajstić information content (AvgIpc) is 2.58. The van der Waals surface area contributed by atoms with Crippen molar-refractivity contribution in [2.75, 3.05) is 25.9 Å². The minimum Gasteiger partial charge on any atom is -0.370 e. The van der Waals surface area contributed by atoms with E-state index in [9.17, 15) is 13.2 Å². The van der Waals surface area contributed by atoms with Crippen LogP contribution in [0.5, 0.6) is 0 Å². The first-order chi connectivity index (χ1) is 12.7. The number of nitrogens with zero attached hydrogens (tertiary/aromatic N) is 1. The normalized spacial score (nSPS) is 22.6. The Morgan fingerprint density at radius 3 is 2.59 bits per heavy atom. The summed E-state index contributed by atoms with van der Waals surface area (Å²) in [5, 5.41) is 2.94.